The molecule has 11 rings (SSSR count). The molecule has 11 aromatic rings. The van der Waals surface area contributed by atoms with E-state index < -0.39 is 14.1 Å². The molecule has 0 aliphatic rings. The van der Waals surface area contributed by atoms with Gasteiger partial charge in [-0.25, -0.2) is 0 Å². The van der Waals surface area contributed by atoms with Crippen LogP contribution in [0.2, 0.25) is 0 Å². The van der Waals surface area contributed by atoms with Crippen LogP contribution < -0.4 is 25.6 Å². The van der Waals surface area contributed by atoms with Gasteiger partial charge in [0.1, 0.15) is 11.2 Å². The van der Waals surface area contributed by atoms with Gasteiger partial charge in [0.05, 0.1) is 12.5 Å². The van der Waals surface area contributed by atoms with Crippen molar-refractivity contribution in [3.8, 4) is 11.1 Å². The van der Waals surface area contributed by atoms with Crippen LogP contribution in [0.1, 0.15) is 6.85 Å². The van der Waals surface area contributed by atoms with Gasteiger partial charge in [-0.3, -0.25) is 0 Å². The lowest BCUT2D eigenvalue weighted by atomic mass is 10.0. The Kier molecular flexibility index (Phi) is 7.30. The van der Waals surface area contributed by atoms with E-state index in [1.165, 1.54) is 20.7 Å². The number of hydrogen-bond acceptors (Lipinski definition) is 2. The number of hydrogen-bond donors (Lipinski definition) is 0. The van der Waals surface area contributed by atoms with Gasteiger partial charge in [-0.2, -0.15) is 0 Å². The number of furan rings is 1. The summed E-state index contributed by atoms with van der Waals surface area (Å²) in [6.45, 7) is 0. The van der Waals surface area contributed by atoms with Gasteiger partial charge in [0.25, 0.3) is 0 Å². The van der Waals surface area contributed by atoms with E-state index in [0.717, 1.165) is 60.5 Å². The van der Waals surface area contributed by atoms with Crippen LogP contribution in [0.25, 0.3) is 54.6 Å². The highest BCUT2D eigenvalue weighted by Crippen LogP contribution is 2.45. The highest BCUT2D eigenvalue weighted by atomic mass is 28.3. The summed E-state index contributed by atoms with van der Waals surface area (Å²) < 4.78 is 48.8. The molecule has 0 radical (unpaired) electrons. The number of rotatable bonds is 8. The Bertz CT molecular complexity index is 3440. The average Bonchev–Trinajstić information content (AvgIpc) is 3.73. The lowest BCUT2D eigenvalue weighted by Gasteiger charge is -2.34. The maximum absolute atomic E-state index is 8.71. The molecule has 0 aliphatic heterocycles. The van der Waals surface area contributed by atoms with Crippen LogP contribution in [0, 0.1) is 0 Å². The predicted molar refractivity (Wildman–Crippen MR) is 252 cm³/mol. The zero-order valence-electron chi connectivity index (χ0n) is 37.0. The molecule has 0 unspecified atom stereocenters. The molecular weight excluding hydrogens is 731 g/mol. The first-order chi connectivity index (χ1) is 31.3. The minimum Gasteiger partial charge on any atom is -0.455 e. The summed E-state index contributed by atoms with van der Waals surface area (Å²) >= 11 is 0. The third kappa shape index (κ3) is 5.86. The molecule has 278 valence electrons. The van der Waals surface area contributed by atoms with Crippen LogP contribution in [0.3, 0.4) is 0 Å². The Labute approximate surface area is 351 Å². The van der Waals surface area contributed by atoms with Crippen molar-refractivity contribution in [1.29, 1.82) is 0 Å². The number of nitrogens with zero attached hydrogens (tertiary/aromatic N) is 1. The van der Waals surface area contributed by atoms with Gasteiger partial charge in [0.15, 0.2) is 8.07 Å². The van der Waals surface area contributed by atoms with Crippen molar-refractivity contribution in [2.45, 2.75) is 0 Å². The van der Waals surface area contributed by atoms with Gasteiger partial charge in [0.2, 0.25) is 0 Å². The van der Waals surface area contributed by atoms with Crippen molar-refractivity contribution in [3.05, 3.63) is 236 Å². The largest absolute Gasteiger partial charge is 0.455 e. The number of para-hydroxylation sites is 1. The fourth-order valence-electron chi connectivity index (χ4n) is 8.98. The topological polar surface area (TPSA) is 16.4 Å². The van der Waals surface area contributed by atoms with Crippen LogP contribution in [0.15, 0.2) is 241 Å². The molecule has 3 heteroatoms. The van der Waals surface area contributed by atoms with Crippen LogP contribution in [0.5, 0.6) is 0 Å². The fraction of sp³-hybridized carbons (Fsp3) is 0. The summed E-state index contributed by atoms with van der Waals surface area (Å²) in [4.78, 5) is 2.26. The number of anilines is 3. The van der Waals surface area contributed by atoms with Gasteiger partial charge in [0, 0.05) is 32.9 Å². The molecule has 59 heavy (non-hydrogen) atoms. The van der Waals surface area contributed by atoms with Gasteiger partial charge in [-0.15, -0.1) is 0 Å². The SMILES string of the molecule is [2H]c1c([2H])c([2H])c(-c2ccc(N(c3ccc4ccc([Si](c5ccccc5)(c5ccccc5)c5ccccc5)cc4c3)c3cc4c5ccccc5oc4c4ccccc34)cc2)c([2H])c1[2H]. The summed E-state index contributed by atoms with van der Waals surface area (Å²) in [6.07, 6.45) is 0. The maximum atomic E-state index is 8.71. The first-order valence-corrected chi connectivity index (χ1v) is 21.8. The molecule has 0 saturated heterocycles. The molecule has 10 aromatic carbocycles. The minimum atomic E-state index is -2.83. The van der Waals surface area contributed by atoms with Crippen molar-refractivity contribution in [2.24, 2.45) is 0 Å². The van der Waals surface area contributed by atoms with E-state index in [9.17, 15) is 0 Å². The minimum absolute atomic E-state index is 0.168. The van der Waals surface area contributed by atoms with Crippen molar-refractivity contribution >= 4 is 89.4 Å². The first kappa shape index (κ1) is 29.7. The van der Waals surface area contributed by atoms with E-state index >= 15 is 0 Å². The summed E-state index contributed by atoms with van der Waals surface area (Å²) in [7, 11) is -2.83. The van der Waals surface area contributed by atoms with Gasteiger partial charge in [-0.05, 0) is 79.0 Å². The molecule has 0 spiro atoms. The van der Waals surface area contributed by atoms with Crippen LogP contribution in [0.4, 0.5) is 17.1 Å². The van der Waals surface area contributed by atoms with Crippen molar-refractivity contribution < 1.29 is 11.3 Å². The quantitative estimate of drug-likeness (QED) is 0.113. The zero-order valence-corrected chi connectivity index (χ0v) is 33.0. The van der Waals surface area contributed by atoms with Crippen LogP contribution >= 0.6 is 0 Å². The summed E-state index contributed by atoms with van der Waals surface area (Å²) in [6, 6.07) is 71.1. The fourth-order valence-corrected chi connectivity index (χ4v) is 13.8. The normalized spacial score (nSPS) is 12.9. The Morgan fingerprint density at radius 3 is 1.61 bits per heavy atom. The standard InChI is InChI=1S/C56H39NOSi/c1-5-17-40(18-6-1)41-29-33-44(34-30-41)57(54-39-53-51-26-15-16-28-55(51)58-56(53)52-27-14-13-25-50(52)54)45-35-31-42-32-36-49(38-43(42)37-45)59(46-19-7-2-8-20-46,47-21-9-3-10-22-47)48-23-11-4-12-24-48/h1-39H/i1D,5D,6D,17D,18D. The van der Waals surface area contributed by atoms with E-state index in [2.05, 4.69) is 157 Å². The Balaban J connectivity index is 1.16. The summed E-state index contributed by atoms with van der Waals surface area (Å²) in [5.41, 5.74) is 5.06. The smallest absolute Gasteiger partial charge is 0.179 e. The number of fused-ring (bicyclic) bond motifs is 6. The molecule has 0 aliphatic carbocycles. The second-order valence-corrected chi connectivity index (χ2v) is 18.7. The zero-order chi connectivity index (χ0) is 43.5. The van der Waals surface area contributed by atoms with Crippen LogP contribution in [-0.2, 0) is 0 Å². The van der Waals surface area contributed by atoms with Gasteiger partial charge in [-0.1, -0.05) is 200 Å². The molecule has 1 heterocycles. The van der Waals surface area contributed by atoms with Crippen molar-refractivity contribution in [2.75, 3.05) is 4.90 Å². The Hall–Kier alpha value is -7.46. The average molecular weight is 775 g/mol. The molecule has 0 fully saturated rings. The molecule has 0 amide bonds. The molecule has 0 N–H and O–H groups in total. The third-order valence-electron chi connectivity index (χ3n) is 11.7. The van der Waals surface area contributed by atoms with Crippen LogP contribution in [-0.4, -0.2) is 8.07 Å². The predicted octanol–water partition coefficient (Wildman–Crippen LogP) is 12.4. The second kappa shape index (κ2) is 14.5. The summed E-state index contributed by atoms with van der Waals surface area (Å²) in [5.74, 6) is 0. The van der Waals surface area contributed by atoms with E-state index in [1.807, 2.05) is 54.6 Å². The lowest BCUT2D eigenvalue weighted by molar-refractivity contribution is 0.672. The van der Waals surface area contributed by atoms with E-state index in [1.54, 1.807) is 0 Å². The highest BCUT2D eigenvalue weighted by molar-refractivity contribution is 7.20. The van der Waals surface area contributed by atoms with Crippen molar-refractivity contribution in [1.82, 2.24) is 0 Å². The monoisotopic (exact) mass is 774 g/mol. The summed E-state index contributed by atoms with van der Waals surface area (Å²) in [5, 5.41) is 11.4. The molecule has 0 saturated carbocycles. The maximum Gasteiger partial charge on any atom is 0.179 e. The third-order valence-corrected chi connectivity index (χ3v) is 16.4. The molecule has 1 aromatic heterocycles. The van der Waals surface area contributed by atoms with Crippen molar-refractivity contribution in [3.63, 3.8) is 0 Å². The Morgan fingerprint density at radius 1 is 0.390 bits per heavy atom. The first-order valence-electron chi connectivity index (χ1n) is 22.3. The van der Waals surface area contributed by atoms with E-state index in [0.29, 0.717) is 5.56 Å². The van der Waals surface area contributed by atoms with E-state index in [-0.39, 0.29) is 29.7 Å². The molecule has 0 atom stereocenters. The molecule has 2 nitrogen and oxygen atoms in total. The van der Waals surface area contributed by atoms with E-state index in [4.69, 9.17) is 11.3 Å². The molecular formula is C56H39NOSi. The van der Waals surface area contributed by atoms with Gasteiger partial charge >= 0.3 is 0 Å². The molecule has 0 bridgehead atoms. The second-order valence-electron chi connectivity index (χ2n) is 14.9. The van der Waals surface area contributed by atoms with Gasteiger partial charge < -0.3 is 9.32 Å². The highest BCUT2D eigenvalue weighted by Gasteiger charge is 2.41. The number of benzene rings is 10. The lowest BCUT2D eigenvalue weighted by Crippen LogP contribution is -2.74. The Morgan fingerprint density at radius 2 is 0.949 bits per heavy atom.